The maximum absolute atomic E-state index is 5.68. The van der Waals surface area contributed by atoms with Crippen LogP contribution < -0.4 is 11.3 Å². The Kier molecular flexibility index (Phi) is 4.58. The van der Waals surface area contributed by atoms with Gasteiger partial charge in [-0.3, -0.25) is 10.4 Å². The number of ether oxygens (including phenoxy) is 1. The maximum Gasteiger partial charge on any atom is 0.271 e. The Hall–Kier alpha value is -0.910. The largest absolute Gasteiger partial charge is 0.470 e. The average Bonchev–Trinajstić information content (AvgIpc) is 2.21. The van der Waals surface area contributed by atoms with Gasteiger partial charge in [0.25, 0.3) is 5.17 Å². The number of thiocarbonyl (C=S) groups is 1. The van der Waals surface area contributed by atoms with Crippen LogP contribution in [0.4, 0.5) is 0 Å². The van der Waals surface area contributed by atoms with Gasteiger partial charge >= 0.3 is 0 Å². The van der Waals surface area contributed by atoms with Crippen molar-refractivity contribution in [2.75, 3.05) is 6.61 Å². The number of hydrogen-bond donors (Lipinski definition) is 2. The molecule has 14 heavy (non-hydrogen) atoms. The molecule has 6 heteroatoms. The monoisotopic (exact) mass is 231 g/mol. The molecule has 0 bridgehead atoms. The van der Waals surface area contributed by atoms with E-state index in [9.17, 15) is 0 Å². The van der Waals surface area contributed by atoms with Gasteiger partial charge < -0.3 is 4.74 Å². The first-order valence-electron chi connectivity index (χ1n) is 3.96. The molecular weight excluding hydrogens is 222 g/mol. The summed E-state index contributed by atoms with van der Waals surface area (Å²) in [5.74, 6) is 5.02. The highest BCUT2D eigenvalue weighted by Gasteiger charge is 1.97. The van der Waals surface area contributed by atoms with E-state index < -0.39 is 0 Å². The summed E-state index contributed by atoms with van der Waals surface area (Å²) in [5, 5.41) is 0.799. The van der Waals surface area contributed by atoms with E-state index in [2.05, 4.69) is 10.4 Å². The molecule has 0 radical (unpaired) electrons. The van der Waals surface area contributed by atoms with Crippen LogP contribution in [0.15, 0.2) is 18.3 Å². The van der Waals surface area contributed by atoms with Gasteiger partial charge in [-0.2, -0.15) is 0 Å². The van der Waals surface area contributed by atoms with E-state index >= 15 is 0 Å². The van der Waals surface area contributed by atoms with Crippen LogP contribution in [0.5, 0.6) is 0 Å². The molecule has 0 unspecified atom stereocenters. The first kappa shape index (κ1) is 11.2. The van der Waals surface area contributed by atoms with Gasteiger partial charge in [0.05, 0.1) is 11.6 Å². The Morgan fingerprint density at radius 1 is 1.64 bits per heavy atom. The predicted molar refractivity (Wildman–Crippen MR) is 58.8 cm³/mol. The van der Waals surface area contributed by atoms with Crippen molar-refractivity contribution >= 4 is 29.0 Å². The van der Waals surface area contributed by atoms with Crippen LogP contribution in [0.3, 0.4) is 0 Å². The molecule has 0 spiro atoms. The lowest BCUT2D eigenvalue weighted by molar-refractivity contribution is 0.302. The van der Waals surface area contributed by atoms with E-state index in [1.165, 1.54) is 0 Å². The first-order valence-corrected chi connectivity index (χ1v) is 4.75. The molecule has 0 aliphatic heterocycles. The second-order valence-corrected chi connectivity index (χ2v) is 3.31. The number of pyridine rings is 1. The molecule has 0 fully saturated rings. The van der Waals surface area contributed by atoms with E-state index in [-0.39, 0.29) is 5.17 Å². The van der Waals surface area contributed by atoms with Crippen molar-refractivity contribution < 1.29 is 4.74 Å². The predicted octanol–water partition coefficient (Wildman–Crippen LogP) is 1.04. The van der Waals surface area contributed by atoms with Gasteiger partial charge in [0.2, 0.25) is 0 Å². The summed E-state index contributed by atoms with van der Waals surface area (Å²) in [5.41, 5.74) is 3.13. The van der Waals surface area contributed by atoms with Crippen molar-refractivity contribution in [2.24, 2.45) is 5.84 Å². The van der Waals surface area contributed by atoms with Crippen LogP contribution in [0, 0.1) is 0 Å². The number of nitrogens with two attached hydrogens (primary N) is 1. The minimum absolute atomic E-state index is 0.180. The van der Waals surface area contributed by atoms with Crippen LogP contribution in [0.2, 0.25) is 5.02 Å². The summed E-state index contributed by atoms with van der Waals surface area (Å²) < 4.78 is 5.05. The molecule has 1 aromatic rings. The smallest absolute Gasteiger partial charge is 0.271 e. The summed E-state index contributed by atoms with van der Waals surface area (Å²) in [6.45, 7) is 0.442. The Balaban J connectivity index is 2.31. The fraction of sp³-hybridized carbons (Fsp3) is 0.250. The van der Waals surface area contributed by atoms with Crippen LogP contribution in [0.1, 0.15) is 5.69 Å². The fourth-order valence-electron chi connectivity index (χ4n) is 0.844. The molecule has 4 nitrogen and oxygen atoms in total. The maximum atomic E-state index is 5.68. The highest BCUT2D eigenvalue weighted by Crippen LogP contribution is 2.06. The van der Waals surface area contributed by atoms with Crippen molar-refractivity contribution in [1.29, 1.82) is 0 Å². The van der Waals surface area contributed by atoms with Gasteiger partial charge in [-0.15, -0.1) is 0 Å². The lowest BCUT2D eigenvalue weighted by Gasteiger charge is -2.05. The molecule has 0 atom stereocenters. The number of hydrazine groups is 1. The van der Waals surface area contributed by atoms with Gasteiger partial charge in [-0.25, -0.2) is 5.84 Å². The molecule has 0 aromatic carbocycles. The van der Waals surface area contributed by atoms with Crippen LogP contribution >= 0.6 is 23.8 Å². The normalized spacial score (nSPS) is 9.57. The Morgan fingerprint density at radius 3 is 3.00 bits per heavy atom. The number of nitrogens with zero attached hydrogens (tertiary/aromatic N) is 1. The minimum Gasteiger partial charge on any atom is -0.470 e. The quantitative estimate of drug-likeness (QED) is 0.463. The summed E-state index contributed by atoms with van der Waals surface area (Å²) >= 11 is 10.4. The number of nitrogens with one attached hydrogen (secondary N) is 1. The molecular formula is C8H10ClN3OS. The van der Waals surface area contributed by atoms with Crippen molar-refractivity contribution in [3.8, 4) is 0 Å². The van der Waals surface area contributed by atoms with E-state index in [0.29, 0.717) is 18.1 Å². The summed E-state index contributed by atoms with van der Waals surface area (Å²) in [6.07, 6.45) is 2.26. The van der Waals surface area contributed by atoms with Crippen molar-refractivity contribution in [3.63, 3.8) is 0 Å². The number of hydrogen-bond acceptors (Lipinski definition) is 4. The third-order valence-electron chi connectivity index (χ3n) is 1.50. The Labute approximate surface area is 92.4 Å². The molecule has 1 heterocycles. The molecule has 0 amide bonds. The van der Waals surface area contributed by atoms with Crippen LogP contribution in [-0.4, -0.2) is 16.8 Å². The fourth-order valence-corrected chi connectivity index (χ4v) is 1.04. The Bertz CT molecular complexity index is 304. The molecule has 0 aliphatic carbocycles. The molecule has 76 valence electrons. The summed E-state index contributed by atoms with van der Waals surface area (Å²) in [4.78, 5) is 4.09. The second kappa shape index (κ2) is 5.74. The van der Waals surface area contributed by atoms with Gasteiger partial charge in [-0.1, -0.05) is 11.6 Å². The number of aromatic nitrogens is 1. The molecule has 0 saturated carbocycles. The topological polar surface area (TPSA) is 60.2 Å². The van der Waals surface area contributed by atoms with Crippen LogP contribution in [0.25, 0.3) is 0 Å². The highest BCUT2D eigenvalue weighted by molar-refractivity contribution is 7.80. The zero-order chi connectivity index (χ0) is 10.4. The number of rotatable bonds is 3. The second-order valence-electron chi connectivity index (χ2n) is 2.50. The lowest BCUT2D eigenvalue weighted by Crippen LogP contribution is -2.30. The molecule has 1 rings (SSSR count). The molecule has 0 aliphatic rings. The van der Waals surface area contributed by atoms with Gasteiger partial charge in [0.1, 0.15) is 0 Å². The zero-order valence-electron chi connectivity index (χ0n) is 7.37. The van der Waals surface area contributed by atoms with Gasteiger partial charge in [-0.05, 0) is 24.4 Å². The van der Waals surface area contributed by atoms with Crippen LogP contribution in [-0.2, 0) is 11.2 Å². The number of halogens is 1. The Morgan fingerprint density at radius 2 is 2.43 bits per heavy atom. The van der Waals surface area contributed by atoms with Crippen molar-refractivity contribution in [1.82, 2.24) is 10.4 Å². The average molecular weight is 232 g/mol. The van der Waals surface area contributed by atoms with Gasteiger partial charge in [0.15, 0.2) is 0 Å². The van der Waals surface area contributed by atoms with E-state index in [1.54, 1.807) is 12.3 Å². The standard InChI is InChI=1S/C8H10ClN3OS/c9-6-1-2-7(11-5-6)3-4-13-8(14)12-10/h1-2,5H,3-4,10H2,(H,12,14). The highest BCUT2D eigenvalue weighted by atomic mass is 35.5. The zero-order valence-corrected chi connectivity index (χ0v) is 8.94. The SMILES string of the molecule is NNC(=S)OCCc1ccc(Cl)cn1. The minimum atomic E-state index is 0.180. The summed E-state index contributed by atoms with van der Waals surface area (Å²) in [7, 11) is 0. The van der Waals surface area contributed by atoms with Crippen molar-refractivity contribution in [3.05, 3.63) is 29.0 Å². The van der Waals surface area contributed by atoms with Gasteiger partial charge in [0, 0.05) is 18.3 Å². The molecule has 1 aromatic heterocycles. The third kappa shape index (κ3) is 3.87. The molecule has 3 N–H and O–H groups in total. The van der Waals surface area contributed by atoms with E-state index in [4.69, 9.17) is 34.4 Å². The lowest BCUT2D eigenvalue weighted by atomic mass is 10.3. The third-order valence-corrected chi connectivity index (χ3v) is 1.96. The van der Waals surface area contributed by atoms with E-state index in [1.807, 2.05) is 6.07 Å². The summed E-state index contributed by atoms with van der Waals surface area (Å²) in [6, 6.07) is 3.62. The first-order chi connectivity index (χ1) is 6.72. The van der Waals surface area contributed by atoms with Crippen molar-refractivity contribution in [2.45, 2.75) is 6.42 Å². The van der Waals surface area contributed by atoms with E-state index in [0.717, 1.165) is 5.69 Å². The molecule has 0 saturated heterocycles.